The summed E-state index contributed by atoms with van der Waals surface area (Å²) in [6, 6.07) is 0. The van der Waals surface area contributed by atoms with Gasteiger partial charge in [-0.05, 0) is 78.6 Å². The maximum absolute atomic E-state index is 12.1. The van der Waals surface area contributed by atoms with Crippen LogP contribution in [0.5, 0.6) is 0 Å². The Kier molecular flexibility index (Phi) is 28.1. The van der Waals surface area contributed by atoms with Gasteiger partial charge in [0.15, 0.2) is 0 Å². The third-order valence-electron chi connectivity index (χ3n) is 7.46. The number of ether oxygens (including phenoxy) is 2. The first-order valence-corrected chi connectivity index (χ1v) is 19.8. The predicted molar refractivity (Wildman–Crippen MR) is 190 cm³/mol. The van der Waals surface area contributed by atoms with E-state index < -0.39 is 19.5 Å². The lowest BCUT2D eigenvalue weighted by Crippen LogP contribution is -2.38. The van der Waals surface area contributed by atoms with E-state index in [9.17, 15) is 9.46 Å². The molecule has 0 aromatic carbocycles. The summed E-state index contributed by atoms with van der Waals surface area (Å²) in [6.07, 6.45) is 33.5. The smallest absolute Gasteiger partial charge is 0.268 e. The molecule has 0 spiro atoms. The Labute approximate surface area is 279 Å². The number of hydrogen-bond acceptors (Lipinski definition) is 6. The SMILES string of the molecule is CCCCCC/C=C\CCCCCCCCCC/C=C\CCCCCOC[C@H](COP(=O)([O-])OCC[N+](C)(C)C)OC(C)(C)C. The molecule has 0 saturated heterocycles. The molecule has 0 saturated carbocycles. The van der Waals surface area contributed by atoms with Crippen molar-refractivity contribution in [2.24, 2.45) is 0 Å². The summed E-state index contributed by atoms with van der Waals surface area (Å²) in [5.74, 6) is 0. The fourth-order valence-electron chi connectivity index (χ4n) is 4.86. The molecule has 2 atom stereocenters. The zero-order valence-corrected chi connectivity index (χ0v) is 31.6. The molecule has 0 bridgehead atoms. The summed E-state index contributed by atoms with van der Waals surface area (Å²) in [7, 11) is 1.54. The number of phosphoric acid groups is 1. The van der Waals surface area contributed by atoms with Gasteiger partial charge in [0.05, 0.1) is 40.0 Å². The molecule has 0 fully saturated rings. The van der Waals surface area contributed by atoms with Gasteiger partial charge in [-0.25, -0.2) is 0 Å². The molecular weight excluding hydrogens is 585 g/mol. The normalized spacial score (nSPS) is 14.9. The van der Waals surface area contributed by atoms with Crippen LogP contribution in [0.3, 0.4) is 0 Å². The van der Waals surface area contributed by atoms with E-state index in [0.29, 0.717) is 17.6 Å². The number of phosphoric ester groups is 1. The molecule has 1 unspecified atom stereocenters. The van der Waals surface area contributed by atoms with E-state index in [0.717, 1.165) is 25.7 Å². The summed E-state index contributed by atoms with van der Waals surface area (Å²) in [4.78, 5) is 12.1. The molecule has 0 aliphatic heterocycles. The van der Waals surface area contributed by atoms with Crippen LogP contribution in [0.4, 0.5) is 0 Å². The van der Waals surface area contributed by atoms with Crippen molar-refractivity contribution in [1.82, 2.24) is 0 Å². The number of likely N-dealkylation sites (N-methyl/N-ethyl adjacent to an activating group) is 1. The second-order valence-electron chi connectivity index (χ2n) is 14.6. The Balaban J connectivity index is 3.73. The fraction of sp³-hybridized carbons (Fsp3) is 0.892. The first-order valence-electron chi connectivity index (χ1n) is 18.3. The van der Waals surface area contributed by atoms with Gasteiger partial charge in [-0.2, -0.15) is 0 Å². The highest BCUT2D eigenvalue weighted by Gasteiger charge is 2.22. The Morgan fingerprint density at radius 2 is 1.09 bits per heavy atom. The van der Waals surface area contributed by atoms with Crippen LogP contribution in [-0.4, -0.2) is 70.3 Å². The largest absolute Gasteiger partial charge is 0.756 e. The van der Waals surface area contributed by atoms with Crippen molar-refractivity contribution in [2.75, 3.05) is 54.1 Å². The Hall–Kier alpha value is -0.530. The van der Waals surface area contributed by atoms with Gasteiger partial charge < -0.3 is 27.9 Å². The van der Waals surface area contributed by atoms with Crippen LogP contribution in [0.1, 0.15) is 150 Å². The lowest BCUT2D eigenvalue weighted by Gasteiger charge is -2.31. The molecule has 0 heterocycles. The first-order chi connectivity index (χ1) is 21.3. The highest BCUT2D eigenvalue weighted by molar-refractivity contribution is 7.45. The average molecular weight is 660 g/mol. The number of hydrogen-bond donors (Lipinski definition) is 0. The molecule has 0 aromatic heterocycles. The molecule has 0 radical (unpaired) electrons. The van der Waals surface area contributed by atoms with Crippen molar-refractivity contribution < 1.29 is 32.5 Å². The van der Waals surface area contributed by atoms with Gasteiger partial charge in [0.1, 0.15) is 19.3 Å². The highest BCUT2D eigenvalue weighted by atomic mass is 31.2. The molecule has 0 aliphatic rings. The van der Waals surface area contributed by atoms with Crippen molar-refractivity contribution in [1.29, 1.82) is 0 Å². The summed E-state index contributed by atoms with van der Waals surface area (Å²) in [6.45, 7) is 9.50. The maximum atomic E-state index is 12.1. The molecule has 45 heavy (non-hydrogen) atoms. The van der Waals surface area contributed by atoms with E-state index >= 15 is 0 Å². The lowest BCUT2D eigenvalue weighted by molar-refractivity contribution is -0.870. The molecule has 0 amide bonds. The standard InChI is InChI=1S/C37H74NO6P/c1-8-9-10-11-12-13-14-15-16-17-18-19-20-21-22-23-24-25-26-27-28-29-30-32-41-34-36(44-37(2,3)4)35-43-45(39,40)42-33-31-38(5,6)7/h13-14,25-26,36H,8-12,15-24,27-35H2,1-7H3/b14-13-,26-25-/t36-/m1/s1. The van der Waals surface area contributed by atoms with Crippen LogP contribution in [0.2, 0.25) is 0 Å². The summed E-state index contributed by atoms with van der Waals surface area (Å²) in [5.41, 5.74) is -0.439. The quantitative estimate of drug-likeness (QED) is 0.0310. The molecule has 0 aromatic rings. The maximum Gasteiger partial charge on any atom is 0.268 e. The highest BCUT2D eigenvalue weighted by Crippen LogP contribution is 2.38. The van der Waals surface area contributed by atoms with E-state index in [-0.39, 0.29) is 19.8 Å². The second kappa shape index (κ2) is 28.5. The van der Waals surface area contributed by atoms with E-state index in [1.807, 2.05) is 41.9 Å². The van der Waals surface area contributed by atoms with Gasteiger partial charge in [0.25, 0.3) is 7.82 Å². The van der Waals surface area contributed by atoms with Gasteiger partial charge >= 0.3 is 0 Å². The third kappa shape index (κ3) is 36.2. The zero-order chi connectivity index (χ0) is 33.7. The van der Waals surface area contributed by atoms with E-state index in [4.69, 9.17) is 18.5 Å². The summed E-state index contributed by atoms with van der Waals surface area (Å²) < 4.78 is 34.7. The van der Waals surface area contributed by atoms with Crippen molar-refractivity contribution in [3.05, 3.63) is 24.3 Å². The monoisotopic (exact) mass is 660 g/mol. The van der Waals surface area contributed by atoms with Crippen LogP contribution in [0.15, 0.2) is 24.3 Å². The van der Waals surface area contributed by atoms with E-state index in [1.165, 1.54) is 96.3 Å². The molecule has 0 rings (SSSR count). The molecular formula is C37H74NO6P. The van der Waals surface area contributed by atoms with Crippen LogP contribution < -0.4 is 4.89 Å². The molecule has 0 aliphatic carbocycles. The zero-order valence-electron chi connectivity index (χ0n) is 30.7. The second-order valence-corrected chi connectivity index (χ2v) is 16.0. The van der Waals surface area contributed by atoms with Crippen LogP contribution in [0.25, 0.3) is 0 Å². The minimum Gasteiger partial charge on any atom is -0.756 e. The van der Waals surface area contributed by atoms with Crippen molar-refractivity contribution in [3.8, 4) is 0 Å². The minimum atomic E-state index is -4.39. The number of unbranched alkanes of at least 4 members (excludes halogenated alkanes) is 16. The van der Waals surface area contributed by atoms with Crippen LogP contribution in [0, 0.1) is 0 Å². The van der Waals surface area contributed by atoms with Gasteiger partial charge in [-0.3, -0.25) is 4.57 Å². The average Bonchev–Trinajstić information content (AvgIpc) is 2.94. The Morgan fingerprint density at radius 1 is 0.644 bits per heavy atom. The van der Waals surface area contributed by atoms with Gasteiger partial charge in [0.2, 0.25) is 0 Å². The molecule has 0 N–H and O–H groups in total. The van der Waals surface area contributed by atoms with Crippen LogP contribution >= 0.6 is 7.82 Å². The first kappa shape index (κ1) is 44.5. The Morgan fingerprint density at radius 3 is 1.53 bits per heavy atom. The van der Waals surface area contributed by atoms with Crippen LogP contribution in [-0.2, 0) is 23.1 Å². The topological polar surface area (TPSA) is 77.1 Å². The number of nitrogens with zero attached hydrogens (tertiary/aromatic N) is 1. The van der Waals surface area contributed by atoms with Gasteiger partial charge in [-0.15, -0.1) is 0 Å². The predicted octanol–water partition coefficient (Wildman–Crippen LogP) is 9.94. The Bertz CT molecular complexity index is 759. The van der Waals surface area contributed by atoms with Crippen molar-refractivity contribution >= 4 is 7.82 Å². The van der Waals surface area contributed by atoms with E-state index in [1.54, 1.807) is 0 Å². The summed E-state index contributed by atoms with van der Waals surface area (Å²) >= 11 is 0. The number of rotatable bonds is 32. The molecule has 8 heteroatoms. The van der Waals surface area contributed by atoms with Crippen molar-refractivity contribution in [2.45, 2.75) is 161 Å². The molecule has 268 valence electrons. The minimum absolute atomic E-state index is 0.0822. The lowest BCUT2D eigenvalue weighted by atomic mass is 10.1. The third-order valence-corrected chi connectivity index (χ3v) is 8.43. The van der Waals surface area contributed by atoms with Gasteiger partial charge in [-0.1, -0.05) is 95.4 Å². The molecule has 7 nitrogen and oxygen atoms in total. The fourth-order valence-corrected chi connectivity index (χ4v) is 5.59. The van der Waals surface area contributed by atoms with E-state index in [2.05, 4.69) is 31.2 Å². The number of allylic oxidation sites excluding steroid dienone is 4. The van der Waals surface area contributed by atoms with Gasteiger partial charge in [0, 0.05) is 6.61 Å². The number of quaternary nitrogens is 1. The summed E-state index contributed by atoms with van der Waals surface area (Å²) in [5, 5.41) is 0. The van der Waals surface area contributed by atoms with Crippen molar-refractivity contribution in [3.63, 3.8) is 0 Å².